The summed E-state index contributed by atoms with van der Waals surface area (Å²) in [5.41, 5.74) is 4.28. The van der Waals surface area contributed by atoms with E-state index in [4.69, 9.17) is 0 Å². The van der Waals surface area contributed by atoms with E-state index in [1.165, 1.54) is 11.6 Å². The lowest BCUT2D eigenvalue weighted by atomic mass is 9.97. The van der Waals surface area contributed by atoms with E-state index in [-0.39, 0.29) is 5.82 Å². The summed E-state index contributed by atoms with van der Waals surface area (Å²) in [7, 11) is 1.90. The van der Waals surface area contributed by atoms with Crippen molar-refractivity contribution in [3.63, 3.8) is 0 Å². The second-order valence-electron chi connectivity index (χ2n) is 5.11. The van der Waals surface area contributed by atoms with Crippen LogP contribution in [0.15, 0.2) is 54.7 Å². The predicted octanol–water partition coefficient (Wildman–Crippen LogP) is 3.68. The molecular weight excluding hydrogens is 263 g/mol. The van der Waals surface area contributed by atoms with E-state index in [0.29, 0.717) is 6.42 Å². The molecule has 0 bridgehead atoms. The van der Waals surface area contributed by atoms with Gasteiger partial charge in [0.2, 0.25) is 0 Å². The van der Waals surface area contributed by atoms with Crippen LogP contribution in [0.2, 0.25) is 0 Å². The summed E-state index contributed by atoms with van der Waals surface area (Å²) < 4.78 is 13.6. The third-order valence-corrected chi connectivity index (χ3v) is 3.66. The molecule has 0 fully saturated rings. The van der Waals surface area contributed by atoms with Crippen molar-refractivity contribution >= 4 is 10.9 Å². The van der Waals surface area contributed by atoms with Crippen LogP contribution in [0.3, 0.4) is 0 Å². The zero-order chi connectivity index (χ0) is 14.7. The van der Waals surface area contributed by atoms with Crippen molar-refractivity contribution < 1.29 is 4.39 Å². The van der Waals surface area contributed by atoms with Crippen molar-refractivity contribution in [2.75, 3.05) is 7.05 Å². The van der Waals surface area contributed by atoms with E-state index in [2.05, 4.69) is 16.4 Å². The number of benzene rings is 2. The Kier molecular flexibility index (Phi) is 3.93. The monoisotopic (exact) mass is 280 g/mol. The van der Waals surface area contributed by atoms with E-state index in [0.717, 1.165) is 28.6 Å². The summed E-state index contributed by atoms with van der Waals surface area (Å²) >= 11 is 0. The van der Waals surface area contributed by atoms with Crippen LogP contribution in [0.25, 0.3) is 10.9 Å². The number of nitrogens with one attached hydrogen (secondary N) is 1. The van der Waals surface area contributed by atoms with Crippen molar-refractivity contribution in [1.29, 1.82) is 0 Å². The van der Waals surface area contributed by atoms with Crippen LogP contribution < -0.4 is 5.32 Å². The Morgan fingerprint density at radius 1 is 1.00 bits per heavy atom. The van der Waals surface area contributed by atoms with Gasteiger partial charge in [-0.3, -0.25) is 4.98 Å². The Bertz CT molecular complexity index is 763. The highest BCUT2D eigenvalue weighted by molar-refractivity contribution is 5.82. The number of hydrogen-bond donors (Lipinski definition) is 1. The second kappa shape index (κ2) is 6.02. The van der Waals surface area contributed by atoms with Crippen LogP contribution >= 0.6 is 0 Å². The molecule has 3 aromatic rings. The molecule has 3 heteroatoms. The molecule has 3 rings (SSSR count). The maximum absolute atomic E-state index is 13.6. The Labute approximate surface area is 123 Å². The van der Waals surface area contributed by atoms with Gasteiger partial charge in [0.1, 0.15) is 5.82 Å². The van der Waals surface area contributed by atoms with Crippen molar-refractivity contribution in [2.45, 2.75) is 13.0 Å². The van der Waals surface area contributed by atoms with E-state index in [9.17, 15) is 4.39 Å². The van der Waals surface area contributed by atoms with Crippen LogP contribution in [-0.2, 0) is 13.0 Å². The summed E-state index contributed by atoms with van der Waals surface area (Å²) in [6, 6.07) is 15.1. The van der Waals surface area contributed by atoms with E-state index < -0.39 is 0 Å². The standard InChI is InChI=1S/C18H17FN2/c1-20-12-14-6-7-16(19)11-15(14)10-13-8-9-21-18-5-3-2-4-17(13)18/h2-9,11,20H,10,12H2,1H3. The van der Waals surface area contributed by atoms with Gasteiger partial charge >= 0.3 is 0 Å². The van der Waals surface area contributed by atoms with Gasteiger partial charge in [-0.15, -0.1) is 0 Å². The first-order chi connectivity index (χ1) is 10.3. The number of hydrogen-bond acceptors (Lipinski definition) is 2. The number of nitrogens with zero attached hydrogens (tertiary/aromatic N) is 1. The fourth-order valence-electron chi connectivity index (χ4n) is 2.64. The number of para-hydroxylation sites is 1. The summed E-state index contributed by atoms with van der Waals surface area (Å²) in [5.74, 6) is -0.191. The molecule has 0 aliphatic rings. The molecule has 2 nitrogen and oxygen atoms in total. The second-order valence-corrected chi connectivity index (χ2v) is 5.11. The molecule has 0 unspecified atom stereocenters. The molecule has 1 heterocycles. The van der Waals surface area contributed by atoms with Crippen LogP contribution in [-0.4, -0.2) is 12.0 Å². The molecule has 2 aromatic carbocycles. The smallest absolute Gasteiger partial charge is 0.123 e. The summed E-state index contributed by atoms with van der Waals surface area (Å²) in [6.45, 7) is 0.735. The largest absolute Gasteiger partial charge is 0.316 e. The first-order valence-electron chi connectivity index (χ1n) is 7.02. The lowest BCUT2D eigenvalue weighted by Crippen LogP contribution is -2.08. The van der Waals surface area contributed by atoms with Crippen molar-refractivity contribution in [3.05, 3.63) is 77.2 Å². The van der Waals surface area contributed by atoms with Gasteiger partial charge in [-0.2, -0.15) is 0 Å². The average Bonchev–Trinajstić information content (AvgIpc) is 2.50. The fourth-order valence-corrected chi connectivity index (χ4v) is 2.64. The van der Waals surface area contributed by atoms with Gasteiger partial charge < -0.3 is 5.32 Å². The lowest BCUT2D eigenvalue weighted by molar-refractivity contribution is 0.624. The molecule has 0 saturated heterocycles. The average molecular weight is 280 g/mol. The van der Waals surface area contributed by atoms with Crippen LogP contribution in [0.1, 0.15) is 16.7 Å². The molecule has 0 radical (unpaired) electrons. The molecule has 0 atom stereocenters. The Hall–Kier alpha value is -2.26. The molecule has 0 aliphatic carbocycles. The van der Waals surface area contributed by atoms with Crippen LogP contribution in [0, 0.1) is 5.82 Å². The van der Waals surface area contributed by atoms with E-state index >= 15 is 0 Å². The molecule has 0 amide bonds. The summed E-state index contributed by atoms with van der Waals surface area (Å²) in [4.78, 5) is 4.37. The molecule has 1 aromatic heterocycles. The number of halogens is 1. The summed E-state index contributed by atoms with van der Waals surface area (Å²) in [5, 5.41) is 4.26. The minimum Gasteiger partial charge on any atom is -0.316 e. The van der Waals surface area contributed by atoms with Gasteiger partial charge in [0.05, 0.1) is 5.52 Å². The predicted molar refractivity (Wildman–Crippen MR) is 83.7 cm³/mol. The van der Waals surface area contributed by atoms with Crippen molar-refractivity contribution in [2.24, 2.45) is 0 Å². The third-order valence-electron chi connectivity index (χ3n) is 3.66. The highest BCUT2D eigenvalue weighted by Gasteiger charge is 2.08. The minimum atomic E-state index is -0.191. The Balaban J connectivity index is 2.04. The SMILES string of the molecule is CNCc1ccc(F)cc1Cc1ccnc2ccccc12. The first kappa shape index (κ1) is 13.7. The molecule has 21 heavy (non-hydrogen) atoms. The van der Waals surface area contributed by atoms with Gasteiger partial charge in [0.25, 0.3) is 0 Å². The number of rotatable bonds is 4. The van der Waals surface area contributed by atoms with E-state index in [1.807, 2.05) is 43.6 Å². The van der Waals surface area contributed by atoms with Crippen LogP contribution in [0.5, 0.6) is 0 Å². The number of fused-ring (bicyclic) bond motifs is 1. The van der Waals surface area contributed by atoms with Crippen molar-refractivity contribution in [1.82, 2.24) is 10.3 Å². The Morgan fingerprint density at radius 2 is 1.86 bits per heavy atom. The topological polar surface area (TPSA) is 24.9 Å². The highest BCUT2D eigenvalue weighted by Crippen LogP contribution is 2.22. The number of pyridine rings is 1. The minimum absolute atomic E-state index is 0.191. The third kappa shape index (κ3) is 2.93. The zero-order valence-electron chi connectivity index (χ0n) is 11.9. The van der Waals surface area contributed by atoms with Gasteiger partial charge in [-0.25, -0.2) is 4.39 Å². The van der Waals surface area contributed by atoms with Gasteiger partial charge in [-0.1, -0.05) is 24.3 Å². The maximum Gasteiger partial charge on any atom is 0.123 e. The molecule has 106 valence electrons. The highest BCUT2D eigenvalue weighted by atomic mass is 19.1. The lowest BCUT2D eigenvalue weighted by Gasteiger charge is -2.11. The molecule has 0 saturated carbocycles. The first-order valence-corrected chi connectivity index (χ1v) is 7.02. The normalized spacial score (nSPS) is 11.0. The summed E-state index contributed by atoms with van der Waals surface area (Å²) in [6.07, 6.45) is 2.52. The van der Waals surface area contributed by atoms with E-state index in [1.54, 1.807) is 6.07 Å². The Morgan fingerprint density at radius 3 is 2.71 bits per heavy atom. The molecule has 1 N–H and O–H groups in total. The van der Waals surface area contributed by atoms with Gasteiger partial charge in [0, 0.05) is 18.1 Å². The number of aromatic nitrogens is 1. The van der Waals surface area contributed by atoms with Gasteiger partial charge in [0.15, 0.2) is 0 Å². The zero-order valence-corrected chi connectivity index (χ0v) is 11.9. The molecule has 0 spiro atoms. The molecule has 0 aliphatic heterocycles. The van der Waals surface area contributed by atoms with Crippen molar-refractivity contribution in [3.8, 4) is 0 Å². The van der Waals surface area contributed by atoms with Crippen LogP contribution in [0.4, 0.5) is 4.39 Å². The maximum atomic E-state index is 13.6. The molecular formula is C18H17FN2. The quantitative estimate of drug-likeness (QED) is 0.788. The fraction of sp³-hybridized carbons (Fsp3) is 0.167. The van der Waals surface area contributed by atoms with Gasteiger partial charge in [-0.05, 0) is 54.4 Å².